The van der Waals surface area contributed by atoms with Crippen LogP contribution in [0, 0.1) is 5.82 Å². The number of nitrogens with zero attached hydrogens (tertiary/aromatic N) is 3. The van der Waals surface area contributed by atoms with Crippen LogP contribution in [0.5, 0.6) is 0 Å². The van der Waals surface area contributed by atoms with Crippen molar-refractivity contribution < 1.29 is 4.39 Å². The molecule has 0 bridgehead atoms. The maximum Gasteiger partial charge on any atom is 0.156 e. The van der Waals surface area contributed by atoms with E-state index in [2.05, 4.69) is 48.1 Å². The van der Waals surface area contributed by atoms with E-state index in [9.17, 15) is 4.39 Å². The van der Waals surface area contributed by atoms with Crippen LogP contribution in [0.3, 0.4) is 0 Å². The van der Waals surface area contributed by atoms with Crippen LogP contribution >= 0.6 is 0 Å². The summed E-state index contributed by atoms with van der Waals surface area (Å²) < 4.78 is 13.2. The van der Waals surface area contributed by atoms with E-state index in [1.54, 1.807) is 12.1 Å². The lowest BCUT2D eigenvalue weighted by molar-refractivity contribution is 0.182. The maximum atomic E-state index is 13.2. The second-order valence-corrected chi connectivity index (χ2v) is 7.30. The lowest BCUT2D eigenvalue weighted by Crippen LogP contribution is -2.40. The third-order valence-electron chi connectivity index (χ3n) is 4.79. The van der Waals surface area contributed by atoms with Crippen LogP contribution in [0.2, 0.25) is 0 Å². The molecule has 1 aromatic heterocycles. The minimum Gasteiger partial charge on any atom is -0.367 e. The first-order valence-corrected chi connectivity index (χ1v) is 9.48. The first-order chi connectivity index (χ1) is 13.0. The van der Waals surface area contributed by atoms with Gasteiger partial charge in [0.05, 0.1) is 0 Å². The number of rotatable bonds is 7. The Morgan fingerprint density at radius 2 is 1.52 bits per heavy atom. The van der Waals surface area contributed by atoms with Gasteiger partial charge in [-0.05, 0) is 52.0 Å². The third-order valence-corrected chi connectivity index (χ3v) is 4.79. The Bertz CT molecular complexity index is 882. The zero-order chi connectivity index (χ0) is 19.4. The maximum absolute atomic E-state index is 13.2. The number of nitrogens with one attached hydrogen (secondary N) is 1. The molecule has 3 rings (SSSR count). The van der Waals surface area contributed by atoms with E-state index in [1.807, 2.05) is 24.3 Å². The molecule has 27 heavy (non-hydrogen) atoms. The van der Waals surface area contributed by atoms with E-state index in [1.165, 1.54) is 12.1 Å². The first kappa shape index (κ1) is 19.2. The van der Waals surface area contributed by atoms with Gasteiger partial charge in [-0.15, -0.1) is 10.2 Å². The van der Waals surface area contributed by atoms with Crippen LogP contribution in [0.15, 0.2) is 48.5 Å². The van der Waals surface area contributed by atoms with Crippen molar-refractivity contribution in [3.63, 3.8) is 0 Å². The topological polar surface area (TPSA) is 41.0 Å². The van der Waals surface area contributed by atoms with Crippen LogP contribution in [-0.2, 0) is 0 Å². The first-order valence-electron chi connectivity index (χ1n) is 9.48. The normalized spacial score (nSPS) is 11.7. The summed E-state index contributed by atoms with van der Waals surface area (Å²) in [5, 5.41) is 14.3. The average molecular weight is 366 g/mol. The summed E-state index contributed by atoms with van der Waals surface area (Å²) in [4.78, 5) is 2.44. The van der Waals surface area contributed by atoms with Crippen LogP contribution in [0.1, 0.15) is 27.7 Å². The van der Waals surface area contributed by atoms with Gasteiger partial charge in [-0.2, -0.15) is 0 Å². The molecule has 0 aliphatic carbocycles. The molecule has 0 spiro atoms. The highest BCUT2D eigenvalue weighted by Crippen LogP contribution is 2.29. The van der Waals surface area contributed by atoms with E-state index in [0.717, 1.165) is 40.9 Å². The standard InChI is InChI=1S/C22H27FN4/c1-15(2)27(16(3)4)14-13-24-22-20-8-6-5-7-19(20)21(25-26-22)17-9-11-18(23)12-10-17/h5-12,15-16H,13-14H2,1-4H3,(H,24,26). The average Bonchev–Trinajstić information content (AvgIpc) is 2.65. The summed E-state index contributed by atoms with van der Waals surface area (Å²) in [5.74, 6) is 0.526. The molecule has 1 N–H and O–H groups in total. The molecule has 5 heteroatoms. The van der Waals surface area contributed by atoms with Gasteiger partial charge in [0.15, 0.2) is 5.82 Å². The van der Waals surface area contributed by atoms with E-state index in [4.69, 9.17) is 0 Å². The number of hydrogen-bond donors (Lipinski definition) is 1. The molecular formula is C22H27FN4. The van der Waals surface area contributed by atoms with E-state index >= 15 is 0 Å². The zero-order valence-corrected chi connectivity index (χ0v) is 16.4. The van der Waals surface area contributed by atoms with Crippen molar-refractivity contribution in [3.05, 3.63) is 54.3 Å². The fourth-order valence-electron chi connectivity index (χ4n) is 3.47. The SMILES string of the molecule is CC(C)N(CCNc1nnc(-c2ccc(F)cc2)c2ccccc12)C(C)C. The van der Waals surface area contributed by atoms with Crippen LogP contribution < -0.4 is 5.32 Å². The molecule has 1 heterocycles. The van der Waals surface area contributed by atoms with Gasteiger partial charge in [-0.25, -0.2) is 4.39 Å². The minimum absolute atomic E-state index is 0.255. The summed E-state index contributed by atoms with van der Waals surface area (Å²) in [6.07, 6.45) is 0. The molecule has 2 aromatic carbocycles. The fraction of sp³-hybridized carbons (Fsp3) is 0.364. The van der Waals surface area contributed by atoms with Crippen molar-refractivity contribution in [2.75, 3.05) is 18.4 Å². The van der Waals surface area contributed by atoms with E-state index in [-0.39, 0.29) is 5.82 Å². The van der Waals surface area contributed by atoms with Gasteiger partial charge in [0.25, 0.3) is 0 Å². The molecule has 0 amide bonds. The Hall–Kier alpha value is -2.53. The Morgan fingerprint density at radius 3 is 2.15 bits per heavy atom. The van der Waals surface area contributed by atoms with Gasteiger partial charge in [0, 0.05) is 41.5 Å². The van der Waals surface area contributed by atoms with Crippen molar-refractivity contribution in [2.45, 2.75) is 39.8 Å². The molecule has 0 radical (unpaired) electrons. The minimum atomic E-state index is -0.255. The summed E-state index contributed by atoms with van der Waals surface area (Å²) >= 11 is 0. The highest BCUT2D eigenvalue weighted by molar-refractivity contribution is 5.99. The quantitative estimate of drug-likeness (QED) is 0.641. The molecular weight excluding hydrogens is 339 g/mol. The summed E-state index contributed by atoms with van der Waals surface area (Å²) in [7, 11) is 0. The van der Waals surface area contributed by atoms with Gasteiger partial charge < -0.3 is 5.32 Å². The summed E-state index contributed by atoms with van der Waals surface area (Å²) in [6, 6.07) is 15.4. The van der Waals surface area contributed by atoms with Crippen LogP contribution in [-0.4, -0.2) is 40.3 Å². The molecule has 0 saturated heterocycles. The van der Waals surface area contributed by atoms with E-state index < -0.39 is 0 Å². The van der Waals surface area contributed by atoms with E-state index in [0.29, 0.717) is 12.1 Å². The van der Waals surface area contributed by atoms with Crippen molar-refractivity contribution in [2.24, 2.45) is 0 Å². The Balaban J connectivity index is 1.86. The van der Waals surface area contributed by atoms with Gasteiger partial charge in [-0.3, -0.25) is 4.90 Å². The lowest BCUT2D eigenvalue weighted by atomic mass is 10.0. The van der Waals surface area contributed by atoms with Crippen molar-refractivity contribution >= 4 is 16.6 Å². The van der Waals surface area contributed by atoms with Crippen molar-refractivity contribution in [3.8, 4) is 11.3 Å². The highest BCUT2D eigenvalue weighted by atomic mass is 19.1. The molecule has 0 aliphatic heterocycles. The number of aromatic nitrogens is 2. The number of halogens is 1. The smallest absolute Gasteiger partial charge is 0.156 e. The molecule has 0 fully saturated rings. The van der Waals surface area contributed by atoms with Gasteiger partial charge in [-0.1, -0.05) is 24.3 Å². The molecule has 0 unspecified atom stereocenters. The number of benzene rings is 2. The number of hydrogen-bond acceptors (Lipinski definition) is 4. The van der Waals surface area contributed by atoms with Gasteiger partial charge >= 0.3 is 0 Å². The zero-order valence-electron chi connectivity index (χ0n) is 16.4. The van der Waals surface area contributed by atoms with Crippen LogP contribution in [0.4, 0.5) is 10.2 Å². The van der Waals surface area contributed by atoms with Crippen molar-refractivity contribution in [1.29, 1.82) is 0 Å². The monoisotopic (exact) mass is 366 g/mol. The summed E-state index contributed by atoms with van der Waals surface area (Å²) in [5.41, 5.74) is 1.62. The predicted octanol–water partition coefficient (Wildman–Crippen LogP) is 4.97. The number of fused-ring (bicyclic) bond motifs is 1. The Morgan fingerprint density at radius 1 is 0.889 bits per heavy atom. The third kappa shape index (κ3) is 4.42. The number of anilines is 1. The second-order valence-electron chi connectivity index (χ2n) is 7.30. The Kier molecular flexibility index (Phi) is 6.01. The molecule has 0 aliphatic rings. The van der Waals surface area contributed by atoms with Gasteiger partial charge in [0.1, 0.15) is 11.5 Å². The molecule has 0 saturated carbocycles. The highest BCUT2D eigenvalue weighted by Gasteiger charge is 2.14. The Labute approximate surface area is 160 Å². The fourth-order valence-corrected chi connectivity index (χ4v) is 3.47. The molecule has 0 atom stereocenters. The lowest BCUT2D eigenvalue weighted by Gasteiger charge is -2.30. The molecule has 142 valence electrons. The second kappa shape index (κ2) is 8.44. The largest absolute Gasteiger partial charge is 0.367 e. The molecule has 4 nitrogen and oxygen atoms in total. The molecule has 3 aromatic rings. The van der Waals surface area contributed by atoms with Crippen LogP contribution in [0.25, 0.3) is 22.0 Å². The van der Waals surface area contributed by atoms with Gasteiger partial charge in [0.2, 0.25) is 0 Å². The van der Waals surface area contributed by atoms with Crippen molar-refractivity contribution in [1.82, 2.24) is 15.1 Å². The summed E-state index contributed by atoms with van der Waals surface area (Å²) in [6.45, 7) is 10.6. The predicted molar refractivity (Wildman–Crippen MR) is 110 cm³/mol.